The molecule has 7 nitrogen and oxygen atoms in total. The molecule has 0 aliphatic heterocycles. The highest BCUT2D eigenvalue weighted by Crippen LogP contribution is 2.38. The maximum absolute atomic E-state index is 13.9. The fourth-order valence-electron chi connectivity index (χ4n) is 3.39. The number of hydrogen-bond acceptors (Lipinski definition) is 6. The second-order valence-electron chi connectivity index (χ2n) is 6.80. The molecule has 0 aliphatic carbocycles. The molecule has 160 valence electrons. The van der Waals surface area contributed by atoms with Gasteiger partial charge in [0.1, 0.15) is 11.0 Å². The van der Waals surface area contributed by atoms with Crippen molar-refractivity contribution in [2.75, 3.05) is 13.7 Å². The second kappa shape index (κ2) is 9.11. The monoisotopic (exact) mass is 453 g/mol. The number of aldehydes is 1. The summed E-state index contributed by atoms with van der Waals surface area (Å²) in [5.74, 6) is -0.579. The number of aryl methyl sites for hydroxylation is 1. The fourth-order valence-corrected chi connectivity index (χ4v) is 4.85. The number of methoxy groups -OCH3 is 1. The molecule has 1 aromatic carbocycles. The molecule has 0 saturated heterocycles. The number of fused-ring (bicyclic) bond motifs is 1. The maximum Gasteiger partial charge on any atom is 0.331 e. The molecule has 1 atom stereocenters. The Morgan fingerprint density at radius 1 is 1.33 bits per heavy atom. The molecule has 2 N–H and O–H groups in total. The van der Waals surface area contributed by atoms with Crippen molar-refractivity contribution in [3.05, 3.63) is 49.9 Å². The van der Waals surface area contributed by atoms with Gasteiger partial charge in [-0.05, 0) is 37.6 Å². The number of ether oxygens (including phenoxy) is 1. The van der Waals surface area contributed by atoms with Crippen molar-refractivity contribution < 1.29 is 13.9 Å². The summed E-state index contributed by atoms with van der Waals surface area (Å²) in [6, 6.07) is 3.70. The smallest absolute Gasteiger partial charge is 0.331 e. The van der Waals surface area contributed by atoms with Crippen molar-refractivity contribution in [1.29, 1.82) is 0 Å². The van der Waals surface area contributed by atoms with Crippen LogP contribution in [0.15, 0.2) is 27.8 Å². The van der Waals surface area contributed by atoms with Gasteiger partial charge < -0.3 is 15.3 Å². The number of carbonyl (C=O) groups excluding carboxylic acids is 1. The minimum atomic E-state index is -0.598. The zero-order valence-corrected chi connectivity index (χ0v) is 18.1. The Labute approximate surface area is 180 Å². The van der Waals surface area contributed by atoms with Gasteiger partial charge in [-0.2, -0.15) is 0 Å². The Morgan fingerprint density at radius 2 is 2.07 bits per heavy atom. The van der Waals surface area contributed by atoms with Gasteiger partial charge in [0.25, 0.3) is 5.56 Å². The van der Waals surface area contributed by atoms with Crippen LogP contribution in [-0.4, -0.2) is 29.1 Å². The number of rotatable bonds is 8. The standard InChI is InChI=1S/C20H21ClFN3O4S/c1-24-15-10-17(12-8-16(29-2)14(22)9-13(12)21)30-18(15)19(27)25(20(24)28)11(5-7-26)4-3-6-23/h7-11H,3-6,23H2,1-2H3/t11-/m1/s1. The van der Waals surface area contributed by atoms with Gasteiger partial charge in [0.05, 0.1) is 17.6 Å². The van der Waals surface area contributed by atoms with E-state index in [4.69, 9.17) is 22.1 Å². The average molecular weight is 454 g/mol. The highest BCUT2D eigenvalue weighted by Gasteiger charge is 2.22. The van der Waals surface area contributed by atoms with Crippen molar-refractivity contribution in [3.8, 4) is 16.2 Å². The lowest BCUT2D eigenvalue weighted by molar-refractivity contribution is -0.108. The Morgan fingerprint density at radius 3 is 2.70 bits per heavy atom. The molecule has 2 heterocycles. The van der Waals surface area contributed by atoms with Gasteiger partial charge >= 0.3 is 5.69 Å². The largest absolute Gasteiger partial charge is 0.494 e. The molecule has 0 amide bonds. The number of nitrogens with zero attached hydrogens (tertiary/aromatic N) is 2. The molecule has 0 radical (unpaired) electrons. The predicted octanol–water partition coefficient (Wildman–Crippen LogP) is 3.10. The van der Waals surface area contributed by atoms with Crippen LogP contribution in [0.1, 0.15) is 25.3 Å². The maximum atomic E-state index is 13.9. The Balaban J connectivity index is 2.24. The van der Waals surface area contributed by atoms with E-state index in [-0.39, 0.29) is 17.2 Å². The van der Waals surface area contributed by atoms with E-state index in [0.29, 0.717) is 46.3 Å². The third kappa shape index (κ3) is 3.92. The van der Waals surface area contributed by atoms with Crippen LogP contribution in [0.3, 0.4) is 0 Å². The first kappa shape index (κ1) is 22.2. The van der Waals surface area contributed by atoms with Crippen molar-refractivity contribution in [2.45, 2.75) is 25.3 Å². The minimum Gasteiger partial charge on any atom is -0.494 e. The van der Waals surface area contributed by atoms with Crippen LogP contribution in [0.5, 0.6) is 5.75 Å². The van der Waals surface area contributed by atoms with E-state index in [9.17, 15) is 18.8 Å². The highest BCUT2D eigenvalue weighted by molar-refractivity contribution is 7.22. The summed E-state index contributed by atoms with van der Waals surface area (Å²) in [6.45, 7) is 0.390. The molecule has 0 unspecified atom stereocenters. The zero-order chi connectivity index (χ0) is 22.0. The zero-order valence-electron chi connectivity index (χ0n) is 16.5. The van der Waals surface area contributed by atoms with Crippen molar-refractivity contribution in [2.24, 2.45) is 12.8 Å². The van der Waals surface area contributed by atoms with Gasteiger partial charge in [-0.3, -0.25) is 13.9 Å². The number of hydrogen-bond donors (Lipinski definition) is 1. The third-order valence-corrected chi connectivity index (χ3v) is 6.42. The second-order valence-corrected chi connectivity index (χ2v) is 8.25. The van der Waals surface area contributed by atoms with Crippen molar-refractivity contribution >= 4 is 39.4 Å². The van der Waals surface area contributed by atoms with E-state index in [1.54, 1.807) is 13.1 Å². The summed E-state index contributed by atoms with van der Waals surface area (Å²) in [5.41, 5.74) is 5.50. The Kier molecular flexibility index (Phi) is 6.74. The average Bonchev–Trinajstić information content (AvgIpc) is 3.16. The van der Waals surface area contributed by atoms with Gasteiger partial charge in [0.2, 0.25) is 0 Å². The van der Waals surface area contributed by atoms with Gasteiger partial charge in [-0.15, -0.1) is 11.3 Å². The first-order valence-corrected chi connectivity index (χ1v) is 10.5. The molecule has 0 aliphatic rings. The first-order valence-electron chi connectivity index (χ1n) is 9.26. The van der Waals surface area contributed by atoms with Gasteiger partial charge in [0, 0.05) is 30.0 Å². The van der Waals surface area contributed by atoms with Crippen LogP contribution >= 0.6 is 22.9 Å². The number of carbonyl (C=O) groups is 1. The first-order chi connectivity index (χ1) is 14.3. The van der Waals surface area contributed by atoms with E-state index >= 15 is 0 Å². The number of thiophene rings is 1. The molecule has 0 bridgehead atoms. The van der Waals surface area contributed by atoms with Gasteiger partial charge in [0.15, 0.2) is 11.6 Å². The lowest BCUT2D eigenvalue weighted by atomic mass is 10.1. The summed E-state index contributed by atoms with van der Waals surface area (Å²) >= 11 is 7.36. The molecule has 2 aromatic heterocycles. The Hall–Kier alpha value is -2.49. The minimum absolute atomic E-state index is 0.0194. The molecule has 30 heavy (non-hydrogen) atoms. The van der Waals surface area contributed by atoms with Crippen LogP contribution in [0.2, 0.25) is 5.02 Å². The van der Waals surface area contributed by atoms with E-state index < -0.39 is 23.1 Å². The SMILES string of the molecule is COc1cc(-c2cc3c(s2)c(=O)n([C@@H](CC=O)CCCN)c(=O)n3C)c(Cl)cc1F. The third-order valence-electron chi connectivity index (χ3n) is 4.96. The summed E-state index contributed by atoms with van der Waals surface area (Å²) in [6.07, 6.45) is 1.75. The molecular weight excluding hydrogens is 433 g/mol. The van der Waals surface area contributed by atoms with Gasteiger partial charge in [-0.1, -0.05) is 11.6 Å². The number of halogens is 2. The fraction of sp³-hybridized carbons (Fsp3) is 0.350. The summed E-state index contributed by atoms with van der Waals surface area (Å²) in [4.78, 5) is 37.8. The Bertz CT molecular complexity index is 1220. The summed E-state index contributed by atoms with van der Waals surface area (Å²) in [7, 11) is 2.91. The van der Waals surface area contributed by atoms with Crippen LogP contribution in [0.4, 0.5) is 4.39 Å². The molecule has 0 saturated carbocycles. The molecule has 3 rings (SSSR count). The van der Waals surface area contributed by atoms with E-state index in [0.717, 1.165) is 22.0 Å². The van der Waals surface area contributed by atoms with E-state index in [1.165, 1.54) is 17.7 Å². The molecule has 0 spiro atoms. The normalized spacial score (nSPS) is 12.3. The van der Waals surface area contributed by atoms with Crippen LogP contribution in [-0.2, 0) is 11.8 Å². The lowest BCUT2D eigenvalue weighted by Crippen LogP contribution is -2.41. The van der Waals surface area contributed by atoms with E-state index in [1.807, 2.05) is 0 Å². The number of benzene rings is 1. The summed E-state index contributed by atoms with van der Waals surface area (Å²) in [5, 5.41) is 0.159. The van der Waals surface area contributed by atoms with Crippen LogP contribution in [0, 0.1) is 5.82 Å². The van der Waals surface area contributed by atoms with Crippen molar-refractivity contribution in [1.82, 2.24) is 9.13 Å². The molecular formula is C20H21ClFN3O4S. The quantitative estimate of drug-likeness (QED) is 0.529. The van der Waals surface area contributed by atoms with Gasteiger partial charge in [-0.25, -0.2) is 9.18 Å². The topological polar surface area (TPSA) is 96.3 Å². The lowest BCUT2D eigenvalue weighted by Gasteiger charge is -2.17. The molecule has 3 aromatic rings. The van der Waals surface area contributed by atoms with Crippen molar-refractivity contribution in [3.63, 3.8) is 0 Å². The highest BCUT2D eigenvalue weighted by atomic mass is 35.5. The van der Waals surface area contributed by atoms with Crippen LogP contribution < -0.4 is 21.7 Å². The molecule has 10 heteroatoms. The summed E-state index contributed by atoms with van der Waals surface area (Å²) < 4.78 is 21.8. The number of nitrogens with two attached hydrogens (primary N) is 1. The predicted molar refractivity (Wildman–Crippen MR) is 116 cm³/mol. The van der Waals surface area contributed by atoms with Crippen LogP contribution in [0.25, 0.3) is 20.7 Å². The molecule has 0 fully saturated rings. The van der Waals surface area contributed by atoms with E-state index in [2.05, 4.69) is 0 Å². The number of aromatic nitrogens is 2.